The Hall–Kier alpha value is -0.220. The summed E-state index contributed by atoms with van der Waals surface area (Å²) in [6.07, 6.45) is 0.0224. The van der Waals surface area contributed by atoms with Crippen LogP contribution in [0.2, 0.25) is 0 Å². The minimum Gasteiger partial charge on any atom is -0.383 e. The number of ether oxygens (including phenoxy) is 1. The molecule has 0 saturated carbocycles. The van der Waals surface area contributed by atoms with Crippen LogP contribution in [-0.2, 0) is 4.74 Å². The lowest BCUT2D eigenvalue weighted by Crippen LogP contribution is -2.57. The first-order valence-electron chi connectivity index (χ1n) is 4.89. The van der Waals surface area contributed by atoms with Crippen molar-refractivity contribution in [1.29, 1.82) is 0 Å². The van der Waals surface area contributed by atoms with Crippen molar-refractivity contribution in [3.05, 3.63) is 0 Å². The summed E-state index contributed by atoms with van der Waals surface area (Å²) in [6, 6.07) is 0. The van der Waals surface area contributed by atoms with Crippen molar-refractivity contribution in [2.45, 2.75) is 45.1 Å². The van der Waals surface area contributed by atoms with E-state index in [1.54, 1.807) is 0 Å². The van der Waals surface area contributed by atoms with E-state index in [0.717, 1.165) is 0 Å². The second kappa shape index (κ2) is 3.42. The lowest BCUT2D eigenvalue weighted by atomic mass is 9.74. The van der Waals surface area contributed by atoms with Crippen LogP contribution in [0.5, 0.6) is 0 Å². The second-order valence-electron chi connectivity index (χ2n) is 4.97. The van der Waals surface area contributed by atoms with E-state index in [1.807, 2.05) is 0 Å². The number of aliphatic hydroxyl groups is 1. The Labute approximate surface area is 83.3 Å². The topological polar surface area (TPSA) is 29.5 Å². The summed E-state index contributed by atoms with van der Waals surface area (Å²) in [5, 5.41) is 9.90. The maximum atomic E-state index is 13.9. The predicted molar refractivity (Wildman–Crippen MR) is 49.4 cm³/mol. The van der Waals surface area contributed by atoms with E-state index in [-0.39, 0.29) is 26.1 Å². The zero-order valence-corrected chi connectivity index (χ0v) is 8.94. The fraction of sp³-hybridized carbons (Fsp3) is 1.00. The largest absolute Gasteiger partial charge is 0.383 e. The van der Waals surface area contributed by atoms with Gasteiger partial charge in [0.15, 0.2) is 0 Å². The van der Waals surface area contributed by atoms with Gasteiger partial charge in [0.1, 0.15) is 5.60 Å². The highest BCUT2D eigenvalue weighted by atomic mass is 19.3. The molecule has 1 aliphatic heterocycles. The molecular weight excluding hydrogens is 190 g/mol. The summed E-state index contributed by atoms with van der Waals surface area (Å²) >= 11 is 0. The molecule has 0 radical (unpaired) electrons. The van der Waals surface area contributed by atoms with Crippen molar-refractivity contribution < 1.29 is 18.6 Å². The van der Waals surface area contributed by atoms with Gasteiger partial charge in [0.2, 0.25) is 0 Å². The van der Waals surface area contributed by atoms with Crippen molar-refractivity contribution in [3.8, 4) is 0 Å². The smallest absolute Gasteiger partial charge is 0.281 e. The molecule has 1 heterocycles. The number of alkyl halides is 2. The zero-order chi connectivity index (χ0) is 11.0. The average molecular weight is 208 g/mol. The molecule has 1 saturated heterocycles. The number of hydrogen-bond acceptors (Lipinski definition) is 2. The molecule has 4 heteroatoms. The quantitative estimate of drug-likeness (QED) is 0.716. The van der Waals surface area contributed by atoms with E-state index in [4.69, 9.17) is 4.74 Å². The van der Waals surface area contributed by atoms with Gasteiger partial charge in [-0.15, -0.1) is 0 Å². The highest BCUT2D eigenvalue weighted by Crippen LogP contribution is 2.47. The molecule has 1 aliphatic rings. The van der Waals surface area contributed by atoms with Gasteiger partial charge in [0, 0.05) is 31.5 Å². The molecule has 0 aromatic carbocycles. The molecule has 2 nitrogen and oxygen atoms in total. The van der Waals surface area contributed by atoms with Gasteiger partial charge in [-0.3, -0.25) is 0 Å². The summed E-state index contributed by atoms with van der Waals surface area (Å²) in [5.41, 5.74) is -3.12. The standard InChI is InChI=1S/C10H18F2O2/c1-8(2,3)10(11,12)9(13)4-6-14-7-5-9/h13H,4-7H2,1-3H3. The van der Waals surface area contributed by atoms with Crippen molar-refractivity contribution >= 4 is 0 Å². The van der Waals surface area contributed by atoms with Crippen LogP contribution in [0.1, 0.15) is 33.6 Å². The molecule has 14 heavy (non-hydrogen) atoms. The molecular formula is C10H18F2O2. The molecule has 0 aromatic rings. The number of hydrogen-bond donors (Lipinski definition) is 1. The Kier molecular flexibility index (Phi) is 2.89. The van der Waals surface area contributed by atoms with Crippen LogP contribution in [0, 0.1) is 5.41 Å². The van der Waals surface area contributed by atoms with E-state index in [9.17, 15) is 13.9 Å². The van der Waals surface area contributed by atoms with Gasteiger partial charge < -0.3 is 9.84 Å². The van der Waals surface area contributed by atoms with Crippen LogP contribution in [0.25, 0.3) is 0 Å². The van der Waals surface area contributed by atoms with Gasteiger partial charge in [-0.25, -0.2) is 8.78 Å². The third kappa shape index (κ3) is 1.77. The van der Waals surface area contributed by atoms with E-state index < -0.39 is 16.9 Å². The fourth-order valence-corrected chi connectivity index (χ4v) is 1.72. The number of halogens is 2. The summed E-state index contributed by atoms with van der Waals surface area (Å²) in [7, 11) is 0. The van der Waals surface area contributed by atoms with Gasteiger partial charge in [0.25, 0.3) is 5.92 Å². The summed E-state index contributed by atoms with van der Waals surface area (Å²) in [4.78, 5) is 0. The molecule has 0 aliphatic carbocycles. The first kappa shape index (κ1) is 11.9. The van der Waals surface area contributed by atoms with Crippen LogP contribution in [-0.4, -0.2) is 29.8 Å². The Bertz CT molecular complexity index is 203. The third-order valence-electron chi connectivity index (χ3n) is 2.85. The maximum Gasteiger partial charge on any atom is 0.281 e. The van der Waals surface area contributed by atoms with Crippen LogP contribution in [0.4, 0.5) is 8.78 Å². The maximum absolute atomic E-state index is 13.9. The van der Waals surface area contributed by atoms with Crippen LogP contribution in [0.3, 0.4) is 0 Å². The van der Waals surface area contributed by atoms with Gasteiger partial charge >= 0.3 is 0 Å². The van der Waals surface area contributed by atoms with Crippen molar-refractivity contribution in [1.82, 2.24) is 0 Å². The molecule has 0 unspecified atom stereocenters. The van der Waals surface area contributed by atoms with E-state index in [1.165, 1.54) is 20.8 Å². The Morgan fingerprint density at radius 2 is 1.57 bits per heavy atom. The molecule has 1 fully saturated rings. The van der Waals surface area contributed by atoms with E-state index in [0.29, 0.717) is 0 Å². The molecule has 0 atom stereocenters. The zero-order valence-electron chi connectivity index (χ0n) is 8.94. The summed E-state index contributed by atoms with van der Waals surface area (Å²) in [6.45, 7) is 4.76. The minimum absolute atomic E-state index is 0.0112. The summed E-state index contributed by atoms with van der Waals surface area (Å²) in [5.74, 6) is -3.08. The predicted octanol–water partition coefficient (Wildman–Crippen LogP) is 2.21. The first-order valence-corrected chi connectivity index (χ1v) is 4.89. The van der Waals surface area contributed by atoms with E-state index in [2.05, 4.69) is 0 Å². The third-order valence-corrected chi connectivity index (χ3v) is 2.85. The number of rotatable bonds is 1. The van der Waals surface area contributed by atoms with Crippen molar-refractivity contribution in [3.63, 3.8) is 0 Å². The SMILES string of the molecule is CC(C)(C)C(F)(F)C1(O)CCOCC1. The lowest BCUT2D eigenvalue weighted by Gasteiger charge is -2.45. The van der Waals surface area contributed by atoms with Gasteiger partial charge in [-0.05, 0) is 0 Å². The van der Waals surface area contributed by atoms with Gasteiger partial charge in [0.05, 0.1) is 0 Å². The summed E-state index contributed by atoms with van der Waals surface area (Å²) < 4.78 is 32.8. The molecule has 1 rings (SSSR count). The second-order valence-corrected chi connectivity index (χ2v) is 4.97. The molecule has 0 aromatic heterocycles. The minimum atomic E-state index is -3.08. The van der Waals surface area contributed by atoms with Crippen LogP contribution >= 0.6 is 0 Å². The van der Waals surface area contributed by atoms with Crippen LogP contribution < -0.4 is 0 Å². The Balaban J connectivity index is 2.89. The first-order chi connectivity index (χ1) is 6.21. The molecule has 84 valence electrons. The molecule has 1 N–H and O–H groups in total. The highest BCUT2D eigenvalue weighted by molar-refractivity contribution is 5.00. The van der Waals surface area contributed by atoms with E-state index >= 15 is 0 Å². The molecule has 0 bridgehead atoms. The van der Waals surface area contributed by atoms with Crippen LogP contribution in [0.15, 0.2) is 0 Å². The average Bonchev–Trinajstić information content (AvgIpc) is 2.03. The Morgan fingerprint density at radius 1 is 1.14 bits per heavy atom. The highest BCUT2D eigenvalue weighted by Gasteiger charge is 2.59. The normalized spacial score (nSPS) is 23.6. The monoisotopic (exact) mass is 208 g/mol. The van der Waals surface area contributed by atoms with Gasteiger partial charge in [-0.2, -0.15) is 0 Å². The van der Waals surface area contributed by atoms with Crippen molar-refractivity contribution in [2.24, 2.45) is 5.41 Å². The van der Waals surface area contributed by atoms with Gasteiger partial charge in [-0.1, -0.05) is 20.8 Å². The molecule has 0 spiro atoms. The Morgan fingerprint density at radius 3 is 1.93 bits per heavy atom. The molecule has 0 amide bonds. The van der Waals surface area contributed by atoms with Crippen molar-refractivity contribution in [2.75, 3.05) is 13.2 Å². The fourth-order valence-electron chi connectivity index (χ4n) is 1.72. The lowest BCUT2D eigenvalue weighted by molar-refractivity contribution is -0.256.